The Balaban J connectivity index is 1.83. The summed E-state index contributed by atoms with van der Waals surface area (Å²) >= 11 is 0. The fourth-order valence-electron chi connectivity index (χ4n) is 3.02. The Bertz CT molecular complexity index is 648. The van der Waals surface area contributed by atoms with Crippen LogP contribution in [0.1, 0.15) is 36.3 Å². The molecule has 0 radical (unpaired) electrons. The van der Waals surface area contributed by atoms with Crippen LogP contribution in [0.2, 0.25) is 0 Å². The van der Waals surface area contributed by atoms with Crippen LogP contribution in [0.15, 0.2) is 54.6 Å². The summed E-state index contributed by atoms with van der Waals surface area (Å²) in [6, 6.07) is 18.1. The van der Waals surface area contributed by atoms with E-state index in [9.17, 15) is 4.79 Å². The molecule has 0 N–H and O–H groups in total. The molecule has 24 heavy (non-hydrogen) atoms. The molecule has 2 aromatic rings. The minimum atomic E-state index is 0.00938. The number of carbonyl (C=O) groups excluding carboxylic acids is 1. The largest absolute Gasteiger partial charge is 0.497 e. The third-order valence-electron chi connectivity index (χ3n) is 4.38. The second kappa shape index (κ2) is 7.97. The fraction of sp³-hybridized carbons (Fsp3) is 0.350. The molecule has 4 heteroatoms. The number of hydroxylamine groups is 2. The molecule has 1 fully saturated rings. The first-order chi connectivity index (χ1) is 11.8. The summed E-state index contributed by atoms with van der Waals surface area (Å²) in [5.74, 6) is 0.866. The van der Waals surface area contributed by atoms with Crippen molar-refractivity contribution in [1.82, 2.24) is 5.06 Å². The van der Waals surface area contributed by atoms with Crippen LogP contribution in [0.3, 0.4) is 0 Å². The summed E-state index contributed by atoms with van der Waals surface area (Å²) in [6.07, 6.45) is 2.42. The summed E-state index contributed by atoms with van der Waals surface area (Å²) in [7, 11) is 1.65. The van der Waals surface area contributed by atoms with Crippen LogP contribution in [0.4, 0.5) is 0 Å². The van der Waals surface area contributed by atoms with E-state index in [1.807, 2.05) is 42.5 Å². The molecule has 4 nitrogen and oxygen atoms in total. The maximum atomic E-state index is 12.7. The molecule has 1 atom stereocenters. The lowest BCUT2D eigenvalue weighted by atomic mass is 9.88. The van der Waals surface area contributed by atoms with Crippen LogP contribution in [0.25, 0.3) is 0 Å². The quantitative estimate of drug-likeness (QED) is 0.840. The minimum absolute atomic E-state index is 0.00938. The number of rotatable bonds is 5. The van der Waals surface area contributed by atoms with Gasteiger partial charge in [-0.05, 0) is 36.1 Å². The standard InChI is InChI=1S/C20H23NO3/c1-23-18-11-9-17(10-12-18)19(16-7-3-2-4-8-16)15-20(22)21-13-5-6-14-24-21/h2-4,7-12,19H,5-6,13-15H2,1H3/t19-/m0/s1. The Morgan fingerprint density at radius 2 is 1.79 bits per heavy atom. The molecule has 0 spiro atoms. The highest BCUT2D eigenvalue weighted by atomic mass is 16.7. The van der Waals surface area contributed by atoms with Gasteiger partial charge in [-0.1, -0.05) is 42.5 Å². The Morgan fingerprint density at radius 3 is 2.42 bits per heavy atom. The molecule has 3 rings (SSSR count). The minimum Gasteiger partial charge on any atom is -0.497 e. The van der Waals surface area contributed by atoms with Crippen molar-refractivity contribution in [2.45, 2.75) is 25.2 Å². The number of hydrogen-bond acceptors (Lipinski definition) is 3. The van der Waals surface area contributed by atoms with Crippen molar-refractivity contribution in [3.8, 4) is 5.75 Å². The third kappa shape index (κ3) is 3.95. The van der Waals surface area contributed by atoms with Gasteiger partial charge in [0.1, 0.15) is 5.75 Å². The molecule has 126 valence electrons. The smallest absolute Gasteiger partial charge is 0.247 e. The highest BCUT2D eigenvalue weighted by Gasteiger charge is 2.24. The first-order valence-electron chi connectivity index (χ1n) is 8.40. The van der Waals surface area contributed by atoms with Crippen LogP contribution in [-0.2, 0) is 9.63 Å². The van der Waals surface area contributed by atoms with Crippen molar-refractivity contribution in [1.29, 1.82) is 0 Å². The Labute approximate surface area is 143 Å². The van der Waals surface area contributed by atoms with Gasteiger partial charge in [-0.3, -0.25) is 9.63 Å². The van der Waals surface area contributed by atoms with E-state index in [-0.39, 0.29) is 11.8 Å². The molecule has 1 aliphatic heterocycles. The molecule has 1 saturated heterocycles. The zero-order valence-electron chi connectivity index (χ0n) is 14.0. The SMILES string of the molecule is COc1ccc([C@@H](CC(=O)N2CCCCO2)c2ccccc2)cc1. The van der Waals surface area contributed by atoms with Crippen molar-refractivity contribution in [2.24, 2.45) is 0 Å². The van der Waals surface area contributed by atoms with Crippen LogP contribution in [0, 0.1) is 0 Å². The molecule has 0 aliphatic carbocycles. The number of nitrogens with zero attached hydrogens (tertiary/aromatic N) is 1. The number of hydrogen-bond donors (Lipinski definition) is 0. The number of benzene rings is 2. The van der Waals surface area contributed by atoms with E-state index in [2.05, 4.69) is 12.1 Å². The number of carbonyl (C=O) groups is 1. The highest BCUT2D eigenvalue weighted by Crippen LogP contribution is 2.30. The van der Waals surface area contributed by atoms with E-state index in [0.717, 1.165) is 29.7 Å². The maximum absolute atomic E-state index is 12.7. The Hall–Kier alpha value is -2.33. The van der Waals surface area contributed by atoms with Gasteiger partial charge in [0.15, 0.2) is 0 Å². The average Bonchev–Trinajstić information content (AvgIpc) is 2.67. The average molecular weight is 325 g/mol. The summed E-state index contributed by atoms with van der Waals surface area (Å²) < 4.78 is 5.24. The van der Waals surface area contributed by atoms with Crippen LogP contribution in [0.5, 0.6) is 5.75 Å². The van der Waals surface area contributed by atoms with Crippen LogP contribution >= 0.6 is 0 Å². The van der Waals surface area contributed by atoms with Gasteiger partial charge in [0, 0.05) is 18.9 Å². The topological polar surface area (TPSA) is 38.8 Å². The summed E-state index contributed by atoms with van der Waals surface area (Å²) in [5, 5.41) is 1.53. The normalized spacial score (nSPS) is 15.8. The lowest BCUT2D eigenvalue weighted by molar-refractivity contribution is -0.197. The first-order valence-corrected chi connectivity index (χ1v) is 8.40. The number of amides is 1. The van der Waals surface area contributed by atoms with Gasteiger partial charge in [0.05, 0.1) is 13.7 Å². The molecule has 0 saturated carbocycles. The number of ether oxygens (including phenoxy) is 1. The van der Waals surface area contributed by atoms with E-state index in [1.54, 1.807) is 7.11 Å². The van der Waals surface area contributed by atoms with Crippen molar-refractivity contribution in [3.05, 3.63) is 65.7 Å². The molecular formula is C20H23NO3. The van der Waals surface area contributed by atoms with Gasteiger partial charge in [0.25, 0.3) is 0 Å². The summed E-state index contributed by atoms with van der Waals surface area (Å²) in [5.41, 5.74) is 2.24. The van der Waals surface area contributed by atoms with Gasteiger partial charge in [-0.25, -0.2) is 5.06 Å². The van der Waals surface area contributed by atoms with E-state index in [0.29, 0.717) is 19.6 Å². The molecule has 2 aromatic carbocycles. The van der Waals surface area contributed by atoms with Crippen LogP contribution in [-0.4, -0.2) is 31.2 Å². The third-order valence-corrected chi connectivity index (χ3v) is 4.38. The maximum Gasteiger partial charge on any atom is 0.247 e. The van der Waals surface area contributed by atoms with Gasteiger partial charge in [-0.15, -0.1) is 0 Å². The zero-order valence-corrected chi connectivity index (χ0v) is 14.0. The lowest BCUT2D eigenvalue weighted by Gasteiger charge is -2.28. The van der Waals surface area contributed by atoms with E-state index < -0.39 is 0 Å². The summed E-state index contributed by atoms with van der Waals surface area (Å²) in [4.78, 5) is 18.2. The fourth-order valence-corrected chi connectivity index (χ4v) is 3.02. The molecule has 0 aromatic heterocycles. The summed E-state index contributed by atoms with van der Waals surface area (Å²) in [6.45, 7) is 1.31. The van der Waals surface area contributed by atoms with Crippen LogP contribution < -0.4 is 4.74 Å². The van der Waals surface area contributed by atoms with Crippen molar-refractivity contribution in [2.75, 3.05) is 20.3 Å². The molecule has 1 heterocycles. The second-order valence-corrected chi connectivity index (χ2v) is 5.98. The second-order valence-electron chi connectivity index (χ2n) is 5.98. The Kier molecular flexibility index (Phi) is 5.49. The molecule has 1 amide bonds. The van der Waals surface area contributed by atoms with E-state index in [4.69, 9.17) is 9.57 Å². The highest BCUT2D eigenvalue weighted by molar-refractivity contribution is 5.76. The molecule has 0 bridgehead atoms. The predicted molar refractivity (Wildman–Crippen MR) is 92.8 cm³/mol. The van der Waals surface area contributed by atoms with Crippen molar-refractivity contribution in [3.63, 3.8) is 0 Å². The molecular weight excluding hydrogens is 302 g/mol. The lowest BCUT2D eigenvalue weighted by Crippen LogP contribution is -2.36. The van der Waals surface area contributed by atoms with E-state index >= 15 is 0 Å². The zero-order chi connectivity index (χ0) is 16.8. The van der Waals surface area contributed by atoms with Gasteiger partial charge in [-0.2, -0.15) is 0 Å². The van der Waals surface area contributed by atoms with Gasteiger partial charge >= 0.3 is 0 Å². The van der Waals surface area contributed by atoms with Gasteiger partial charge in [0.2, 0.25) is 5.91 Å². The predicted octanol–water partition coefficient (Wildman–Crippen LogP) is 3.77. The molecule has 1 aliphatic rings. The van der Waals surface area contributed by atoms with Crippen molar-refractivity contribution < 1.29 is 14.4 Å². The van der Waals surface area contributed by atoms with E-state index in [1.165, 1.54) is 5.06 Å². The molecule has 0 unspecified atom stereocenters. The Morgan fingerprint density at radius 1 is 1.08 bits per heavy atom. The monoisotopic (exact) mass is 325 g/mol. The number of methoxy groups -OCH3 is 1. The van der Waals surface area contributed by atoms with Gasteiger partial charge < -0.3 is 4.74 Å². The first kappa shape index (κ1) is 16.5. The van der Waals surface area contributed by atoms with Crippen molar-refractivity contribution >= 4 is 5.91 Å².